The van der Waals surface area contributed by atoms with Crippen LogP contribution in [0.25, 0.3) is 0 Å². The van der Waals surface area contributed by atoms with Gasteiger partial charge in [0, 0.05) is 10.0 Å². The molecule has 0 heterocycles. The molecule has 1 aromatic rings. The van der Waals surface area contributed by atoms with Crippen LogP contribution in [0.1, 0.15) is 18.5 Å². The van der Waals surface area contributed by atoms with Gasteiger partial charge in [0.2, 0.25) is 5.91 Å². The third-order valence-corrected chi connectivity index (χ3v) is 3.14. The van der Waals surface area contributed by atoms with Crippen molar-refractivity contribution in [1.29, 1.82) is 0 Å². The standard InChI is InChI=1S/C14H16Cl2N4O.HI/c1-3-6-18-13(21)8-19-14(17)20-9(2)11-5-4-10(15)7-12(11)16;/h1,4-5,7,9H,6,8H2,2H3,(H,18,21)(H3,17,19,20);1H. The van der Waals surface area contributed by atoms with Crippen molar-refractivity contribution in [1.82, 2.24) is 10.6 Å². The van der Waals surface area contributed by atoms with Gasteiger partial charge in [-0.15, -0.1) is 30.4 Å². The molecule has 0 bridgehead atoms. The number of hydrogen-bond acceptors (Lipinski definition) is 2. The first-order valence-electron chi connectivity index (χ1n) is 6.15. The first-order valence-corrected chi connectivity index (χ1v) is 6.91. The van der Waals surface area contributed by atoms with Crippen molar-refractivity contribution in [2.45, 2.75) is 13.0 Å². The normalized spacial score (nSPS) is 11.8. The second kappa shape index (κ2) is 10.5. The first-order chi connectivity index (χ1) is 9.93. The number of nitrogens with two attached hydrogens (primary N) is 1. The number of nitrogens with zero attached hydrogens (tertiary/aromatic N) is 1. The minimum absolute atomic E-state index is 0. The molecule has 0 fully saturated rings. The van der Waals surface area contributed by atoms with Crippen LogP contribution >= 0.6 is 47.2 Å². The Morgan fingerprint density at radius 3 is 2.77 bits per heavy atom. The zero-order valence-electron chi connectivity index (χ0n) is 11.9. The van der Waals surface area contributed by atoms with Gasteiger partial charge in [-0.3, -0.25) is 4.79 Å². The number of guanidine groups is 1. The summed E-state index contributed by atoms with van der Waals surface area (Å²) >= 11 is 11.9. The summed E-state index contributed by atoms with van der Waals surface area (Å²) in [6.07, 6.45) is 5.03. The lowest BCUT2D eigenvalue weighted by molar-refractivity contribution is -0.119. The second-order valence-electron chi connectivity index (χ2n) is 4.21. The molecule has 120 valence electrons. The molecule has 1 rings (SSSR count). The Balaban J connectivity index is 0.00000441. The summed E-state index contributed by atoms with van der Waals surface area (Å²) in [5, 5.41) is 6.52. The zero-order valence-corrected chi connectivity index (χ0v) is 15.7. The van der Waals surface area contributed by atoms with E-state index in [1.54, 1.807) is 18.2 Å². The van der Waals surface area contributed by atoms with Crippen LogP contribution in [0, 0.1) is 12.3 Å². The number of benzene rings is 1. The summed E-state index contributed by atoms with van der Waals surface area (Å²) in [4.78, 5) is 15.2. The largest absolute Gasteiger partial charge is 0.370 e. The molecule has 0 radical (unpaired) electrons. The Morgan fingerprint density at radius 2 is 2.18 bits per heavy atom. The van der Waals surface area contributed by atoms with Crippen molar-refractivity contribution in [3.05, 3.63) is 33.8 Å². The molecule has 0 spiro atoms. The van der Waals surface area contributed by atoms with Gasteiger partial charge in [0.25, 0.3) is 0 Å². The maximum Gasteiger partial charge on any atom is 0.242 e. The van der Waals surface area contributed by atoms with E-state index >= 15 is 0 Å². The highest BCUT2D eigenvalue weighted by molar-refractivity contribution is 14.0. The molecule has 0 saturated heterocycles. The second-order valence-corrected chi connectivity index (χ2v) is 5.06. The molecule has 0 aliphatic rings. The van der Waals surface area contributed by atoms with E-state index in [1.165, 1.54) is 0 Å². The monoisotopic (exact) mass is 454 g/mol. The van der Waals surface area contributed by atoms with E-state index in [1.807, 2.05) is 6.92 Å². The van der Waals surface area contributed by atoms with E-state index in [0.717, 1.165) is 5.56 Å². The molecule has 0 aromatic heterocycles. The smallest absolute Gasteiger partial charge is 0.242 e. The third kappa shape index (κ3) is 7.20. The number of carbonyl (C=O) groups is 1. The van der Waals surface area contributed by atoms with Crippen LogP contribution in [0.2, 0.25) is 10.0 Å². The van der Waals surface area contributed by atoms with Crippen molar-refractivity contribution >= 4 is 59.0 Å². The fourth-order valence-corrected chi connectivity index (χ4v) is 2.13. The summed E-state index contributed by atoms with van der Waals surface area (Å²) < 4.78 is 0. The SMILES string of the molecule is C#CCNC(=O)CN=C(N)NC(C)c1ccc(Cl)cc1Cl.I. The quantitative estimate of drug-likeness (QED) is 0.276. The van der Waals surface area contributed by atoms with Gasteiger partial charge in [0.15, 0.2) is 5.96 Å². The number of hydrogen-bond donors (Lipinski definition) is 3. The first kappa shape index (κ1) is 20.8. The molecule has 0 saturated carbocycles. The van der Waals surface area contributed by atoms with Gasteiger partial charge in [0.05, 0.1) is 12.6 Å². The summed E-state index contributed by atoms with van der Waals surface area (Å²) in [5.74, 6) is 2.14. The summed E-state index contributed by atoms with van der Waals surface area (Å²) in [7, 11) is 0. The molecular formula is C14H17Cl2IN4O. The highest BCUT2D eigenvalue weighted by Crippen LogP contribution is 2.25. The average molecular weight is 455 g/mol. The number of nitrogens with one attached hydrogen (secondary N) is 2. The number of rotatable bonds is 5. The van der Waals surface area contributed by atoms with E-state index < -0.39 is 0 Å². The molecule has 1 amide bonds. The maximum absolute atomic E-state index is 11.3. The highest BCUT2D eigenvalue weighted by Gasteiger charge is 2.10. The van der Waals surface area contributed by atoms with Crippen molar-refractivity contribution in [2.24, 2.45) is 10.7 Å². The molecule has 1 atom stereocenters. The van der Waals surface area contributed by atoms with Crippen LogP contribution < -0.4 is 16.4 Å². The van der Waals surface area contributed by atoms with Gasteiger partial charge < -0.3 is 16.4 Å². The molecule has 0 aliphatic carbocycles. The van der Waals surface area contributed by atoms with Gasteiger partial charge in [-0.05, 0) is 24.6 Å². The number of aliphatic imine (C=N–C) groups is 1. The van der Waals surface area contributed by atoms with Gasteiger partial charge in [-0.2, -0.15) is 0 Å². The molecule has 1 aromatic carbocycles. The van der Waals surface area contributed by atoms with Crippen molar-refractivity contribution in [2.75, 3.05) is 13.1 Å². The molecule has 0 aliphatic heterocycles. The molecule has 4 N–H and O–H groups in total. The lowest BCUT2D eigenvalue weighted by Crippen LogP contribution is -2.35. The maximum atomic E-state index is 11.3. The molecule has 22 heavy (non-hydrogen) atoms. The van der Waals surface area contributed by atoms with Crippen LogP contribution in [0.3, 0.4) is 0 Å². The van der Waals surface area contributed by atoms with Crippen LogP contribution in [-0.4, -0.2) is 25.0 Å². The Kier molecular flexibility index (Phi) is 9.98. The van der Waals surface area contributed by atoms with Crippen molar-refractivity contribution in [3.8, 4) is 12.3 Å². The molecule has 1 unspecified atom stereocenters. The van der Waals surface area contributed by atoms with E-state index in [-0.39, 0.29) is 55.0 Å². The molecule has 5 nitrogen and oxygen atoms in total. The number of halogens is 3. The minimum atomic E-state index is -0.296. The predicted octanol–water partition coefficient (Wildman–Crippen LogP) is 2.33. The van der Waals surface area contributed by atoms with E-state index in [4.69, 9.17) is 35.4 Å². The Hall–Kier alpha value is -1.17. The summed E-state index contributed by atoms with van der Waals surface area (Å²) in [6, 6.07) is 5.01. The van der Waals surface area contributed by atoms with E-state index in [9.17, 15) is 4.79 Å². The van der Waals surface area contributed by atoms with Gasteiger partial charge >= 0.3 is 0 Å². The third-order valence-electron chi connectivity index (χ3n) is 2.57. The van der Waals surface area contributed by atoms with Crippen LogP contribution in [0.5, 0.6) is 0 Å². The van der Waals surface area contributed by atoms with Gasteiger partial charge in [-0.1, -0.05) is 35.2 Å². The van der Waals surface area contributed by atoms with Gasteiger partial charge in [0.1, 0.15) is 6.54 Å². The fraction of sp³-hybridized carbons (Fsp3) is 0.286. The lowest BCUT2D eigenvalue weighted by atomic mass is 10.1. The Labute approximate surface area is 157 Å². The summed E-state index contributed by atoms with van der Waals surface area (Å²) in [6.45, 7) is 1.94. The van der Waals surface area contributed by atoms with Crippen molar-refractivity contribution in [3.63, 3.8) is 0 Å². The van der Waals surface area contributed by atoms with E-state index in [0.29, 0.717) is 10.0 Å². The predicted molar refractivity (Wildman–Crippen MR) is 102 cm³/mol. The van der Waals surface area contributed by atoms with Crippen LogP contribution in [0.4, 0.5) is 0 Å². The van der Waals surface area contributed by atoms with Gasteiger partial charge in [-0.25, -0.2) is 4.99 Å². The zero-order chi connectivity index (χ0) is 15.8. The summed E-state index contributed by atoms with van der Waals surface area (Å²) in [5.41, 5.74) is 6.55. The molecular weight excluding hydrogens is 438 g/mol. The fourth-order valence-electron chi connectivity index (χ4n) is 1.56. The topological polar surface area (TPSA) is 79.5 Å². The number of terminal acetylenes is 1. The highest BCUT2D eigenvalue weighted by atomic mass is 127. The Bertz CT molecular complexity index is 587. The lowest BCUT2D eigenvalue weighted by Gasteiger charge is -2.16. The van der Waals surface area contributed by atoms with Crippen LogP contribution in [-0.2, 0) is 4.79 Å². The van der Waals surface area contributed by atoms with Crippen LogP contribution in [0.15, 0.2) is 23.2 Å². The number of amides is 1. The molecule has 8 heteroatoms. The van der Waals surface area contributed by atoms with E-state index in [2.05, 4.69) is 21.5 Å². The van der Waals surface area contributed by atoms with Crippen molar-refractivity contribution < 1.29 is 4.79 Å². The average Bonchev–Trinajstić information content (AvgIpc) is 2.42. The number of carbonyl (C=O) groups excluding carboxylic acids is 1. The minimum Gasteiger partial charge on any atom is -0.370 e. The Morgan fingerprint density at radius 1 is 1.50 bits per heavy atom.